The van der Waals surface area contributed by atoms with Crippen LogP contribution in [0, 0.1) is 22.0 Å². The van der Waals surface area contributed by atoms with E-state index < -0.39 is 46.0 Å². The summed E-state index contributed by atoms with van der Waals surface area (Å²) in [6, 6.07) is 1.96. The molecule has 1 aromatic carbocycles. The summed E-state index contributed by atoms with van der Waals surface area (Å²) in [6.45, 7) is 3.07. The Morgan fingerprint density at radius 3 is 2.48 bits per heavy atom. The van der Waals surface area contributed by atoms with Gasteiger partial charge >= 0.3 is 12.1 Å². The van der Waals surface area contributed by atoms with E-state index in [0.29, 0.717) is 12.5 Å². The number of nitro benzene ring substituents is 1. The number of non-ortho nitro benzene ring substituents is 1. The Bertz CT molecular complexity index is 720. The number of rotatable bonds is 5. The van der Waals surface area contributed by atoms with Crippen LogP contribution >= 0.6 is 0 Å². The number of esters is 1. The Kier molecular flexibility index (Phi) is 5.00. The number of alkyl halides is 3. The van der Waals surface area contributed by atoms with Gasteiger partial charge in [0.2, 0.25) is 0 Å². The molecule has 0 heterocycles. The summed E-state index contributed by atoms with van der Waals surface area (Å²) in [7, 11) is 0. The fraction of sp³-hybridized carbons (Fsp3) is 0.467. The summed E-state index contributed by atoms with van der Waals surface area (Å²) < 4.78 is 44.1. The molecule has 0 bridgehead atoms. The molecule has 1 fully saturated rings. The van der Waals surface area contributed by atoms with E-state index in [9.17, 15) is 32.9 Å². The molecule has 0 spiro atoms. The highest BCUT2D eigenvalue weighted by molar-refractivity contribution is 5.96. The minimum absolute atomic E-state index is 0.161. The van der Waals surface area contributed by atoms with Crippen molar-refractivity contribution in [1.82, 2.24) is 0 Å². The lowest BCUT2D eigenvalue weighted by atomic mass is 10.1. The van der Waals surface area contributed by atoms with Gasteiger partial charge in [-0.3, -0.25) is 19.7 Å². The number of benzene rings is 1. The number of nitrogens with zero attached hydrogens (tertiary/aromatic N) is 1. The zero-order valence-electron chi connectivity index (χ0n) is 13.3. The molecule has 2 rings (SSSR count). The largest absolute Gasteiger partial charge is 0.452 e. The number of ether oxygens (including phenoxy) is 1. The van der Waals surface area contributed by atoms with E-state index in [1.54, 1.807) is 0 Å². The molecule has 10 heteroatoms. The minimum atomic E-state index is -4.90. The number of anilines is 1. The summed E-state index contributed by atoms with van der Waals surface area (Å²) in [6.07, 6.45) is -5.55. The monoisotopic (exact) mass is 360 g/mol. The molecule has 0 saturated heterocycles. The lowest BCUT2D eigenvalue weighted by Crippen LogP contribution is -2.31. The van der Waals surface area contributed by atoms with Crippen molar-refractivity contribution in [3.05, 3.63) is 33.9 Å². The average Bonchev–Trinajstić information content (AvgIpc) is 3.23. The van der Waals surface area contributed by atoms with Crippen LogP contribution in [-0.2, 0) is 20.5 Å². The lowest BCUT2D eigenvalue weighted by Gasteiger charge is -2.16. The third kappa shape index (κ3) is 4.46. The zero-order chi connectivity index (χ0) is 18.9. The second kappa shape index (κ2) is 6.69. The Hall–Kier alpha value is -2.65. The van der Waals surface area contributed by atoms with Gasteiger partial charge in [0, 0.05) is 12.1 Å². The van der Waals surface area contributed by atoms with Crippen LogP contribution in [0.1, 0.15) is 25.8 Å². The highest BCUT2D eigenvalue weighted by Gasteiger charge is 2.42. The van der Waals surface area contributed by atoms with Crippen molar-refractivity contribution in [3.8, 4) is 0 Å². The van der Waals surface area contributed by atoms with Gasteiger partial charge in [0.05, 0.1) is 22.1 Å². The maximum Gasteiger partial charge on any atom is 0.418 e. The molecule has 1 aliphatic rings. The number of halogens is 3. The van der Waals surface area contributed by atoms with Gasteiger partial charge in [-0.1, -0.05) is 6.92 Å². The first kappa shape index (κ1) is 18.7. The first-order valence-electron chi connectivity index (χ1n) is 7.37. The van der Waals surface area contributed by atoms with Crippen LogP contribution in [0.2, 0.25) is 0 Å². The predicted molar refractivity (Wildman–Crippen MR) is 79.6 cm³/mol. The first-order chi connectivity index (χ1) is 11.5. The fourth-order valence-electron chi connectivity index (χ4n) is 2.19. The smallest absolute Gasteiger partial charge is 0.418 e. The van der Waals surface area contributed by atoms with Crippen molar-refractivity contribution in [2.45, 2.75) is 32.5 Å². The number of hydrogen-bond donors (Lipinski definition) is 1. The molecule has 1 amide bonds. The van der Waals surface area contributed by atoms with Crippen molar-refractivity contribution in [3.63, 3.8) is 0 Å². The Labute approximate surface area is 140 Å². The molecule has 1 aliphatic carbocycles. The molecular formula is C15H15F3N2O5. The highest BCUT2D eigenvalue weighted by atomic mass is 19.4. The number of carbonyl (C=O) groups is 2. The average molecular weight is 360 g/mol. The Morgan fingerprint density at radius 1 is 1.40 bits per heavy atom. The van der Waals surface area contributed by atoms with Crippen molar-refractivity contribution in [2.75, 3.05) is 5.32 Å². The molecule has 0 aromatic heterocycles. The third-order valence-electron chi connectivity index (χ3n) is 3.85. The molecule has 136 valence electrons. The minimum Gasteiger partial charge on any atom is -0.452 e. The first-order valence-corrected chi connectivity index (χ1v) is 7.37. The third-order valence-corrected chi connectivity index (χ3v) is 3.85. The molecule has 0 unspecified atom stereocenters. The summed E-state index contributed by atoms with van der Waals surface area (Å²) >= 11 is 0. The molecule has 1 aromatic rings. The van der Waals surface area contributed by atoms with Crippen molar-refractivity contribution in [2.24, 2.45) is 11.8 Å². The number of nitrogens with one attached hydrogen (secondary N) is 1. The number of carbonyl (C=O) groups excluding carboxylic acids is 2. The molecule has 0 radical (unpaired) electrons. The lowest BCUT2D eigenvalue weighted by molar-refractivity contribution is -0.385. The van der Waals surface area contributed by atoms with Crippen LogP contribution in [0.5, 0.6) is 0 Å². The van der Waals surface area contributed by atoms with E-state index in [1.807, 2.05) is 12.2 Å². The van der Waals surface area contributed by atoms with Crippen LogP contribution in [0.4, 0.5) is 24.5 Å². The van der Waals surface area contributed by atoms with Crippen molar-refractivity contribution in [1.29, 1.82) is 0 Å². The van der Waals surface area contributed by atoms with E-state index in [2.05, 4.69) is 0 Å². The van der Waals surface area contributed by atoms with Crippen molar-refractivity contribution < 1.29 is 32.4 Å². The van der Waals surface area contributed by atoms with Gasteiger partial charge in [0.1, 0.15) is 0 Å². The van der Waals surface area contributed by atoms with Gasteiger partial charge in [0.25, 0.3) is 11.6 Å². The standard InChI is InChI=1S/C15H15F3N2O5/c1-7-5-10(7)14(22)25-8(2)13(21)19-12-4-3-9(20(23)24)6-11(12)15(16,17)18/h3-4,6-8,10H,5H2,1-2H3,(H,19,21)/t7-,8-,10-/m0/s1. The maximum atomic E-state index is 13.1. The second-order valence-electron chi connectivity index (χ2n) is 5.87. The second-order valence-corrected chi connectivity index (χ2v) is 5.87. The molecule has 1 saturated carbocycles. The van der Waals surface area contributed by atoms with E-state index in [4.69, 9.17) is 4.74 Å². The van der Waals surface area contributed by atoms with Gasteiger partial charge in [-0.2, -0.15) is 13.2 Å². The molecular weight excluding hydrogens is 345 g/mol. The van der Waals surface area contributed by atoms with Gasteiger partial charge in [-0.25, -0.2) is 0 Å². The quantitative estimate of drug-likeness (QED) is 0.494. The van der Waals surface area contributed by atoms with Crippen LogP contribution in [0.15, 0.2) is 18.2 Å². The van der Waals surface area contributed by atoms with Gasteiger partial charge in [-0.15, -0.1) is 0 Å². The van der Waals surface area contributed by atoms with E-state index in [1.165, 1.54) is 6.92 Å². The van der Waals surface area contributed by atoms with E-state index in [-0.39, 0.29) is 11.8 Å². The van der Waals surface area contributed by atoms with E-state index >= 15 is 0 Å². The Morgan fingerprint density at radius 2 is 2.00 bits per heavy atom. The summed E-state index contributed by atoms with van der Waals surface area (Å²) in [5.41, 5.74) is -2.76. The summed E-state index contributed by atoms with van der Waals surface area (Å²) in [4.78, 5) is 33.3. The summed E-state index contributed by atoms with van der Waals surface area (Å²) in [5.74, 6) is -1.66. The van der Waals surface area contributed by atoms with Crippen LogP contribution in [0.25, 0.3) is 0 Å². The molecule has 1 N–H and O–H groups in total. The van der Waals surface area contributed by atoms with Gasteiger partial charge in [-0.05, 0) is 25.3 Å². The van der Waals surface area contributed by atoms with Crippen molar-refractivity contribution >= 4 is 23.3 Å². The zero-order valence-corrected chi connectivity index (χ0v) is 13.3. The molecule has 3 atom stereocenters. The molecule has 25 heavy (non-hydrogen) atoms. The van der Waals surface area contributed by atoms with Gasteiger partial charge < -0.3 is 10.1 Å². The predicted octanol–water partition coefficient (Wildman–Crippen LogP) is 3.14. The molecule has 7 nitrogen and oxygen atoms in total. The maximum absolute atomic E-state index is 13.1. The van der Waals surface area contributed by atoms with Crippen LogP contribution in [0.3, 0.4) is 0 Å². The van der Waals surface area contributed by atoms with E-state index in [0.717, 1.165) is 12.1 Å². The van der Waals surface area contributed by atoms with Crippen LogP contribution in [-0.4, -0.2) is 22.9 Å². The van der Waals surface area contributed by atoms with Crippen LogP contribution < -0.4 is 5.32 Å². The highest BCUT2D eigenvalue weighted by Crippen LogP contribution is 2.39. The molecule has 0 aliphatic heterocycles. The summed E-state index contributed by atoms with van der Waals surface area (Å²) in [5, 5.41) is 12.6. The Balaban J connectivity index is 2.14. The fourth-order valence-corrected chi connectivity index (χ4v) is 2.19. The van der Waals surface area contributed by atoms with Gasteiger partial charge in [0.15, 0.2) is 6.10 Å². The number of amides is 1. The topological polar surface area (TPSA) is 98.5 Å². The SMILES string of the molecule is C[C@H](OC(=O)[C@H]1C[C@@H]1C)C(=O)Nc1ccc([N+](=O)[O-])cc1C(F)(F)F. The number of hydrogen-bond acceptors (Lipinski definition) is 5. The normalized spacial score (nSPS) is 20.5. The number of nitro groups is 1.